The first-order valence-electron chi connectivity index (χ1n) is 7.64. The summed E-state index contributed by atoms with van der Waals surface area (Å²) in [6, 6.07) is 13.8. The average molecular weight is 399 g/mol. The summed E-state index contributed by atoms with van der Waals surface area (Å²) in [5.41, 5.74) is -4.91. The van der Waals surface area contributed by atoms with Crippen LogP contribution in [0.5, 0.6) is 5.75 Å². The molecule has 0 aliphatic rings. The fourth-order valence-electron chi connectivity index (χ4n) is 2.18. The Labute approximate surface area is 154 Å². The Morgan fingerprint density at radius 2 is 1.63 bits per heavy atom. The van der Waals surface area contributed by atoms with Gasteiger partial charge in [-0.1, -0.05) is 49.0 Å². The van der Waals surface area contributed by atoms with Crippen LogP contribution in [0.15, 0.2) is 66.7 Å². The Kier molecular flexibility index (Phi) is 5.94. The van der Waals surface area contributed by atoms with Crippen LogP contribution in [0.2, 0.25) is 0 Å². The van der Waals surface area contributed by atoms with Crippen LogP contribution in [0.1, 0.15) is 12.5 Å². The van der Waals surface area contributed by atoms with Crippen molar-refractivity contribution in [2.45, 2.75) is 19.0 Å². The van der Waals surface area contributed by atoms with Crippen molar-refractivity contribution in [1.29, 1.82) is 0 Å². The number of hydrogen-bond acceptors (Lipinski definition) is 4. The lowest BCUT2D eigenvalue weighted by atomic mass is 10.1. The van der Waals surface area contributed by atoms with Gasteiger partial charge in [-0.25, -0.2) is 0 Å². The third kappa shape index (κ3) is 4.88. The normalized spacial score (nSPS) is 11.7. The predicted molar refractivity (Wildman–Crippen MR) is 94.5 cm³/mol. The van der Waals surface area contributed by atoms with E-state index in [0.29, 0.717) is 5.56 Å². The van der Waals surface area contributed by atoms with Gasteiger partial charge in [0.15, 0.2) is 5.75 Å². The van der Waals surface area contributed by atoms with E-state index in [9.17, 15) is 26.4 Å². The van der Waals surface area contributed by atoms with Gasteiger partial charge in [-0.05, 0) is 24.6 Å². The molecule has 0 N–H and O–H groups in total. The fraction of sp³-hybridized carbons (Fsp3) is 0.167. The molecule has 0 atom stereocenters. The zero-order valence-corrected chi connectivity index (χ0v) is 15.0. The number of amides is 1. The maximum absolute atomic E-state index is 12.7. The van der Waals surface area contributed by atoms with E-state index in [0.717, 1.165) is 11.0 Å². The lowest BCUT2D eigenvalue weighted by molar-refractivity contribution is -0.115. The zero-order chi connectivity index (χ0) is 20.2. The SMILES string of the molecule is C=C(C)C(=O)N(Cc1ccccc1)c1ccccc1OS(=O)(=O)C(F)(F)F. The molecule has 0 aliphatic heterocycles. The molecule has 0 saturated carbocycles. The maximum Gasteiger partial charge on any atom is 0.534 e. The number of anilines is 1. The van der Waals surface area contributed by atoms with Gasteiger partial charge in [0.05, 0.1) is 12.2 Å². The van der Waals surface area contributed by atoms with Crippen LogP contribution < -0.4 is 9.08 Å². The Morgan fingerprint density at radius 3 is 2.19 bits per heavy atom. The van der Waals surface area contributed by atoms with Gasteiger partial charge in [0.25, 0.3) is 5.91 Å². The number of alkyl halides is 3. The number of benzene rings is 2. The molecule has 144 valence electrons. The second kappa shape index (κ2) is 7.83. The highest BCUT2D eigenvalue weighted by atomic mass is 32.2. The molecule has 2 aromatic rings. The molecule has 0 aliphatic carbocycles. The van der Waals surface area contributed by atoms with Gasteiger partial charge in [-0.2, -0.15) is 21.6 Å². The Balaban J connectivity index is 2.50. The van der Waals surface area contributed by atoms with Crippen LogP contribution in [-0.2, 0) is 21.5 Å². The first-order valence-corrected chi connectivity index (χ1v) is 9.05. The summed E-state index contributed by atoms with van der Waals surface area (Å²) < 4.78 is 65.1. The molecule has 0 unspecified atom stereocenters. The van der Waals surface area contributed by atoms with Crippen molar-refractivity contribution >= 4 is 21.7 Å². The molecule has 5 nitrogen and oxygen atoms in total. The molecule has 0 fully saturated rings. The van der Waals surface area contributed by atoms with E-state index < -0.39 is 27.3 Å². The number of hydrogen-bond donors (Lipinski definition) is 0. The lowest BCUT2D eigenvalue weighted by Crippen LogP contribution is -2.33. The number of halogens is 3. The molecule has 0 saturated heterocycles. The van der Waals surface area contributed by atoms with Gasteiger partial charge in [-0.3, -0.25) is 4.79 Å². The van der Waals surface area contributed by atoms with Gasteiger partial charge in [0.2, 0.25) is 0 Å². The van der Waals surface area contributed by atoms with Crippen molar-refractivity contribution in [1.82, 2.24) is 0 Å². The maximum atomic E-state index is 12.7. The van der Waals surface area contributed by atoms with E-state index in [1.165, 1.54) is 25.1 Å². The summed E-state index contributed by atoms with van der Waals surface area (Å²) in [7, 11) is -5.89. The standard InChI is InChI=1S/C18H16F3NO4S/c1-13(2)17(23)22(12-14-8-4-3-5-9-14)15-10-6-7-11-16(15)26-27(24,25)18(19,20)21/h3-11H,1,12H2,2H3. The summed E-state index contributed by atoms with van der Waals surface area (Å²) in [6.45, 7) is 4.98. The van der Waals surface area contributed by atoms with Crippen molar-refractivity contribution in [3.63, 3.8) is 0 Å². The molecule has 0 spiro atoms. The van der Waals surface area contributed by atoms with E-state index in [1.54, 1.807) is 30.3 Å². The molecule has 9 heteroatoms. The zero-order valence-electron chi connectivity index (χ0n) is 14.2. The highest BCUT2D eigenvalue weighted by Gasteiger charge is 2.49. The first kappa shape index (κ1) is 20.5. The van der Waals surface area contributed by atoms with Gasteiger partial charge >= 0.3 is 15.6 Å². The summed E-state index contributed by atoms with van der Waals surface area (Å²) >= 11 is 0. The molecule has 0 bridgehead atoms. The minimum Gasteiger partial charge on any atom is -0.374 e. The molecule has 0 heterocycles. The predicted octanol–water partition coefficient (Wildman–Crippen LogP) is 4.02. The summed E-state index contributed by atoms with van der Waals surface area (Å²) in [5.74, 6) is -1.19. The highest BCUT2D eigenvalue weighted by Crippen LogP contribution is 2.34. The van der Waals surface area contributed by atoms with Crippen LogP contribution in [0.25, 0.3) is 0 Å². The Morgan fingerprint density at radius 1 is 1.07 bits per heavy atom. The number of para-hydroxylation sites is 2. The largest absolute Gasteiger partial charge is 0.534 e. The topological polar surface area (TPSA) is 63.7 Å². The minimum atomic E-state index is -5.89. The number of carbonyl (C=O) groups excluding carboxylic acids is 1. The molecule has 0 aromatic heterocycles. The number of rotatable bonds is 6. The van der Waals surface area contributed by atoms with E-state index in [-0.39, 0.29) is 17.8 Å². The first-order chi connectivity index (χ1) is 12.5. The molecule has 27 heavy (non-hydrogen) atoms. The van der Waals surface area contributed by atoms with E-state index >= 15 is 0 Å². The minimum absolute atomic E-state index is 0.0149. The van der Waals surface area contributed by atoms with Crippen LogP contribution in [-0.4, -0.2) is 19.8 Å². The third-order valence-electron chi connectivity index (χ3n) is 3.43. The van der Waals surface area contributed by atoms with Crippen molar-refractivity contribution in [3.05, 3.63) is 72.3 Å². The molecule has 0 radical (unpaired) electrons. The van der Waals surface area contributed by atoms with E-state index in [4.69, 9.17) is 0 Å². The Hall–Kier alpha value is -2.81. The smallest absolute Gasteiger partial charge is 0.374 e. The van der Waals surface area contributed by atoms with E-state index in [2.05, 4.69) is 10.8 Å². The summed E-state index contributed by atoms with van der Waals surface area (Å²) in [5, 5.41) is 0. The van der Waals surface area contributed by atoms with Crippen LogP contribution in [0.3, 0.4) is 0 Å². The molecule has 2 rings (SSSR count). The number of carbonyl (C=O) groups is 1. The highest BCUT2D eigenvalue weighted by molar-refractivity contribution is 7.88. The number of nitrogens with zero attached hydrogens (tertiary/aromatic N) is 1. The second-order valence-electron chi connectivity index (χ2n) is 5.61. The Bertz CT molecular complexity index is 941. The second-order valence-corrected chi connectivity index (χ2v) is 7.15. The quantitative estimate of drug-likeness (QED) is 0.418. The van der Waals surface area contributed by atoms with Crippen LogP contribution in [0.4, 0.5) is 18.9 Å². The third-order valence-corrected chi connectivity index (χ3v) is 4.40. The molecule has 1 amide bonds. The van der Waals surface area contributed by atoms with Crippen molar-refractivity contribution in [2.24, 2.45) is 0 Å². The van der Waals surface area contributed by atoms with Crippen LogP contribution >= 0.6 is 0 Å². The van der Waals surface area contributed by atoms with Crippen molar-refractivity contribution < 1.29 is 30.6 Å². The van der Waals surface area contributed by atoms with Gasteiger partial charge in [-0.15, -0.1) is 0 Å². The van der Waals surface area contributed by atoms with Crippen LogP contribution in [0, 0.1) is 0 Å². The average Bonchev–Trinajstić information content (AvgIpc) is 2.59. The van der Waals surface area contributed by atoms with Crippen molar-refractivity contribution in [3.8, 4) is 5.75 Å². The fourth-order valence-corrected chi connectivity index (χ4v) is 2.65. The molecular formula is C18H16F3NO4S. The lowest BCUT2D eigenvalue weighted by Gasteiger charge is -2.25. The van der Waals surface area contributed by atoms with E-state index in [1.807, 2.05) is 0 Å². The monoisotopic (exact) mass is 399 g/mol. The van der Waals surface area contributed by atoms with Gasteiger partial charge in [0.1, 0.15) is 0 Å². The molecular weight excluding hydrogens is 383 g/mol. The summed E-state index contributed by atoms with van der Waals surface area (Å²) in [4.78, 5) is 13.7. The summed E-state index contributed by atoms with van der Waals surface area (Å²) in [6.07, 6.45) is 0. The van der Waals surface area contributed by atoms with Crippen molar-refractivity contribution in [2.75, 3.05) is 4.90 Å². The van der Waals surface area contributed by atoms with Gasteiger partial charge < -0.3 is 9.08 Å². The molecule has 2 aromatic carbocycles. The van der Waals surface area contributed by atoms with Gasteiger partial charge in [0, 0.05) is 5.57 Å².